The van der Waals surface area contributed by atoms with Crippen LogP contribution in [0.2, 0.25) is 5.02 Å². The first-order chi connectivity index (χ1) is 13.8. The third-order valence-electron chi connectivity index (χ3n) is 4.13. The normalized spacial score (nSPS) is 11.3. The maximum absolute atomic E-state index is 13.6. The first-order valence-corrected chi connectivity index (χ1v) is 10.3. The third kappa shape index (κ3) is 4.79. The molecule has 0 saturated heterocycles. The highest BCUT2D eigenvalue weighted by atomic mass is 35.5. The molecule has 0 aliphatic rings. The number of benzene rings is 3. The van der Waals surface area contributed by atoms with Crippen molar-refractivity contribution in [3.63, 3.8) is 0 Å². The van der Waals surface area contributed by atoms with Crippen LogP contribution < -0.4 is 14.6 Å². The van der Waals surface area contributed by atoms with Gasteiger partial charge in [-0.3, -0.25) is 5.01 Å². The summed E-state index contributed by atoms with van der Waals surface area (Å²) in [5, 5.41) is 11.5. The van der Waals surface area contributed by atoms with E-state index in [1.807, 2.05) is 0 Å². The molecule has 0 radical (unpaired) electrons. The van der Waals surface area contributed by atoms with E-state index in [9.17, 15) is 17.9 Å². The van der Waals surface area contributed by atoms with Crippen LogP contribution in [0.4, 0.5) is 10.1 Å². The first kappa shape index (κ1) is 20.9. The van der Waals surface area contributed by atoms with Gasteiger partial charge in [-0.25, -0.2) is 12.8 Å². The summed E-state index contributed by atoms with van der Waals surface area (Å²) in [6.45, 7) is -0.0724. The van der Waals surface area contributed by atoms with Crippen molar-refractivity contribution in [3.8, 4) is 11.5 Å². The number of nitrogens with zero attached hydrogens (tertiary/aromatic N) is 1. The van der Waals surface area contributed by atoms with Crippen molar-refractivity contribution in [2.24, 2.45) is 0 Å². The molecular weight excluding hydrogens is 419 g/mol. The molecular formula is C20H18ClFN2O4S. The van der Waals surface area contributed by atoms with Crippen LogP contribution in [0.5, 0.6) is 11.5 Å². The molecule has 0 saturated carbocycles. The van der Waals surface area contributed by atoms with Crippen LogP contribution >= 0.6 is 11.6 Å². The molecule has 0 aliphatic carbocycles. The van der Waals surface area contributed by atoms with E-state index in [2.05, 4.69) is 4.83 Å². The fourth-order valence-corrected chi connectivity index (χ4v) is 3.91. The van der Waals surface area contributed by atoms with Gasteiger partial charge in [0.15, 0.2) is 11.5 Å². The lowest BCUT2D eigenvalue weighted by Gasteiger charge is -2.26. The maximum Gasteiger partial charge on any atom is 0.257 e. The molecule has 0 atom stereocenters. The molecule has 152 valence electrons. The Morgan fingerprint density at radius 1 is 1.10 bits per heavy atom. The predicted molar refractivity (Wildman–Crippen MR) is 109 cm³/mol. The Morgan fingerprint density at radius 3 is 2.48 bits per heavy atom. The number of phenols is 1. The summed E-state index contributed by atoms with van der Waals surface area (Å²) in [6, 6.07) is 16.4. The van der Waals surface area contributed by atoms with E-state index in [4.69, 9.17) is 16.3 Å². The zero-order valence-electron chi connectivity index (χ0n) is 15.3. The first-order valence-electron chi connectivity index (χ1n) is 8.47. The minimum Gasteiger partial charge on any atom is -0.504 e. The fourth-order valence-electron chi connectivity index (χ4n) is 2.66. The Morgan fingerprint density at radius 2 is 1.83 bits per heavy atom. The molecule has 0 fully saturated rings. The van der Waals surface area contributed by atoms with Gasteiger partial charge in [0.25, 0.3) is 10.0 Å². The second-order valence-corrected chi connectivity index (χ2v) is 8.13. The van der Waals surface area contributed by atoms with Crippen LogP contribution in [0.3, 0.4) is 0 Å². The summed E-state index contributed by atoms with van der Waals surface area (Å²) >= 11 is 5.88. The van der Waals surface area contributed by atoms with Gasteiger partial charge >= 0.3 is 0 Å². The number of rotatable bonds is 7. The molecule has 0 unspecified atom stereocenters. The predicted octanol–water partition coefficient (Wildman–Crippen LogP) is 4.09. The number of nitrogens with one attached hydrogen (secondary N) is 1. The van der Waals surface area contributed by atoms with Crippen molar-refractivity contribution in [3.05, 3.63) is 83.1 Å². The molecule has 3 rings (SSSR count). The van der Waals surface area contributed by atoms with Gasteiger partial charge in [-0.05, 0) is 36.4 Å². The van der Waals surface area contributed by atoms with E-state index in [1.54, 1.807) is 36.4 Å². The Labute approximate surface area is 173 Å². The van der Waals surface area contributed by atoms with Gasteiger partial charge < -0.3 is 9.84 Å². The number of methoxy groups -OCH3 is 1. The number of para-hydroxylation sites is 1. The summed E-state index contributed by atoms with van der Waals surface area (Å²) in [5.41, 5.74) is 0.679. The maximum atomic E-state index is 13.6. The van der Waals surface area contributed by atoms with Crippen LogP contribution in [-0.2, 0) is 16.6 Å². The molecule has 3 aromatic rings. The van der Waals surface area contributed by atoms with E-state index < -0.39 is 15.8 Å². The van der Waals surface area contributed by atoms with Gasteiger partial charge in [0, 0.05) is 5.56 Å². The lowest BCUT2D eigenvalue weighted by Crippen LogP contribution is -2.41. The summed E-state index contributed by atoms with van der Waals surface area (Å²) in [7, 11) is -2.54. The van der Waals surface area contributed by atoms with E-state index in [0.29, 0.717) is 5.56 Å². The van der Waals surface area contributed by atoms with Gasteiger partial charge in [-0.2, -0.15) is 0 Å². The second-order valence-electron chi connectivity index (χ2n) is 6.06. The number of aromatic hydroxyl groups is 1. The van der Waals surface area contributed by atoms with Crippen LogP contribution in [0, 0.1) is 5.82 Å². The molecule has 0 aliphatic heterocycles. The summed E-state index contributed by atoms with van der Waals surface area (Å²) < 4.78 is 44.3. The van der Waals surface area contributed by atoms with Crippen molar-refractivity contribution in [1.82, 2.24) is 4.83 Å². The molecule has 9 heteroatoms. The van der Waals surface area contributed by atoms with Crippen molar-refractivity contribution in [1.29, 1.82) is 0 Å². The summed E-state index contributed by atoms with van der Waals surface area (Å²) in [5.74, 6) is -0.525. The van der Waals surface area contributed by atoms with Gasteiger partial charge in [0.05, 0.1) is 29.3 Å². The standard InChI is InChI=1S/C20H18ClFN2O4S/c1-28-19-9-5-6-14(20(19)25)13-24(15-10-11-18(22)17(21)12-15)23-29(26,27)16-7-3-2-4-8-16/h2-12,23,25H,13H2,1H3. The largest absolute Gasteiger partial charge is 0.504 e. The molecule has 2 N–H and O–H groups in total. The van der Waals surface area contributed by atoms with Gasteiger partial charge in [-0.15, -0.1) is 4.83 Å². The Kier molecular flexibility index (Phi) is 6.26. The zero-order chi connectivity index (χ0) is 21.0. The molecule has 0 heterocycles. The van der Waals surface area contributed by atoms with Gasteiger partial charge in [0.2, 0.25) is 0 Å². The van der Waals surface area contributed by atoms with Gasteiger partial charge in [-0.1, -0.05) is 41.9 Å². The highest BCUT2D eigenvalue weighted by molar-refractivity contribution is 7.89. The summed E-state index contributed by atoms with van der Waals surface area (Å²) in [6.07, 6.45) is 0. The third-order valence-corrected chi connectivity index (χ3v) is 5.77. The van der Waals surface area contributed by atoms with Crippen LogP contribution in [0.1, 0.15) is 5.56 Å². The highest BCUT2D eigenvalue weighted by Gasteiger charge is 2.21. The van der Waals surface area contributed by atoms with Crippen molar-refractivity contribution in [2.75, 3.05) is 12.1 Å². The Hall–Kier alpha value is -2.81. The lowest BCUT2D eigenvalue weighted by molar-refractivity contribution is 0.370. The summed E-state index contributed by atoms with van der Waals surface area (Å²) in [4.78, 5) is 2.51. The van der Waals surface area contributed by atoms with Crippen molar-refractivity contribution < 1.29 is 22.7 Å². The van der Waals surface area contributed by atoms with Crippen molar-refractivity contribution >= 4 is 27.3 Å². The number of anilines is 1. The molecule has 3 aromatic carbocycles. The zero-order valence-corrected chi connectivity index (χ0v) is 16.9. The minimum absolute atomic E-state index is 0.0491. The van der Waals surface area contributed by atoms with Gasteiger partial charge in [0.1, 0.15) is 5.82 Å². The number of sulfonamides is 1. The smallest absolute Gasteiger partial charge is 0.257 e. The van der Waals surface area contributed by atoms with E-state index in [0.717, 1.165) is 6.07 Å². The van der Waals surface area contributed by atoms with E-state index >= 15 is 0 Å². The Bertz CT molecular complexity index is 1110. The average Bonchev–Trinajstić information content (AvgIpc) is 2.71. The SMILES string of the molecule is COc1cccc(CN(NS(=O)(=O)c2ccccc2)c2ccc(F)c(Cl)c2)c1O. The number of ether oxygens (including phenoxy) is 1. The average molecular weight is 437 g/mol. The van der Waals surface area contributed by atoms with Crippen LogP contribution in [0.15, 0.2) is 71.6 Å². The highest BCUT2D eigenvalue weighted by Crippen LogP contribution is 2.32. The van der Waals surface area contributed by atoms with Crippen LogP contribution in [0.25, 0.3) is 0 Å². The van der Waals surface area contributed by atoms with E-state index in [1.165, 1.54) is 36.4 Å². The van der Waals surface area contributed by atoms with E-state index in [-0.39, 0.29) is 33.6 Å². The number of hydrogen-bond donors (Lipinski definition) is 2. The number of hydrogen-bond acceptors (Lipinski definition) is 5. The number of halogens is 2. The number of phenolic OH excluding ortho intramolecular Hbond substituents is 1. The second kappa shape index (κ2) is 8.69. The quantitative estimate of drug-likeness (QED) is 0.545. The lowest BCUT2D eigenvalue weighted by atomic mass is 10.1. The fraction of sp³-hybridized carbons (Fsp3) is 0.100. The molecule has 0 bridgehead atoms. The molecule has 6 nitrogen and oxygen atoms in total. The molecule has 0 amide bonds. The monoisotopic (exact) mass is 436 g/mol. The van der Waals surface area contributed by atoms with Crippen molar-refractivity contribution in [2.45, 2.75) is 11.4 Å². The molecule has 0 aromatic heterocycles. The topological polar surface area (TPSA) is 78.9 Å². The Balaban J connectivity index is 2.01. The molecule has 29 heavy (non-hydrogen) atoms. The minimum atomic E-state index is -3.95. The van der Waals surface area contributed by atoms with Crippen LogP contribution in [-0.4, -0.2) is 20.6 Å². The molecule has 0 spiro atoms. The number of hydrazine groups is 1.